The van der Waals surface area contributed by atoms with Crippen molar-refractivity contribution in [2.75, 3.05) is 52.5 Å². The minimum absolute atomic E-state index is 0.351. The molecule has 230 valence electrons. The molecular weight excluding hydrogens is 500 g/mol. The van der Waals surface area contributed by atoms with Crippen molar-refractivity contribution in [2.45, 2.75) is 118 Å². The number of likely N-dealkylation sites (N-methyl/N-ethyl adjacent to an activating group) is 2. The number of nitrogens with zero attached hydrogens (tertiary/aromatic N) is 2. The van der Waals surface area contributed by atoms with Crippen LogP contribution in [0.3, 0.4) is 0 Å². The topological polar surface area (TPSA) is 59.1 Å². The molecule has 0 fully saturated rings. The Balaban J connectivity index is 2.31. The molecule has 0 unspecified atom stereocenters. The number of unbranched alkanes of at least 4 members (excludes halogenated alkanes) is 12. The first-order valence-corrected chi connectivity index (χ1v) is 16.4. The van der Waals surface area contributed by atoms with Crippen LogP contribution < -0.4 is 0 Å². The van der Waals surface area contributed by atoms with Gasteiger partial charge in [0.1, 0.15) is 13.2 Å². The molecule has 0 bridgehead atoms. The van der Waals surface area contributed by atoms with Crippen LogP contribution in [0.2, 0.25) is 0 Å². The van der Waals surface area contributed by atoms with Crippen LogP contribution in [-0.2, 0) is 9.47 Å². The molecule has 0 spiro atoms. The summed E-state index contributed by atoms with van der Waals surface area (Å²) in [6, 6.07) is 6.68. The van der Waals surface area contributed by atoms with Crippen molar-refractivity contribution in [1.29, 1.82) is 0 Å². The summed E-state index contributed by atoms with van der Waals surface area (Å²) in [7, 11) is 0. The number of carbonyl (C=O) groups is 2. The van der Waals surface area contributed by atoms with Gasteiger partial charge < -0.3 is 19.3 Å². The molecule has 0 saturated carbocycles. The van der Waals surface area contributed by atoms with E-state index in [9.17, 15) is 9.59 Å². The number of benzene rings is 1. The summed E-state index contributed by atoms with van der Waals surface area (Å²) in [5.41, 5.74) is 0.775. The van der Waals surface area contributed by atoms with Gasteiger partial charge in [0.15, 0.2) is 0 Å². The SMILES string of the molecule is CCCCCCCCCN(CC)CCOC(=O)c1cccc(C(=O)OCCN(CC)CCCCCCCCC)c1. The van der Waals surface area contributed by atoms with Gasteiger partial charge in [-0.25, -0.2) is 9.59 Å². The van der Waals surface area contributed by atoms with E-state index in [1.807, 2.05) is 0 Å². The van der Waals surface area contributed by atoms with Gasteiger partial charge in [0.2, 0.25) is 0 Å². The van der Waals surface area contributed by atoms with Gasteiger partial charge >= 0.3 is 11.9 Å². The predicted octanol–water partition coefficient (Wildman–Crippen LogP) is 8.15. The molecule has 0 atom stereocenters. The van der Waals surface area contributed by atoms with Crippen LogP contribution in [0.1, 0.15) is 138 Å². The quantitative estimate of drug-likeness (QED) is 0.0842. The molecule has 0 amide bonds. The van der Waals surface area contributed by atoms with E-state index in [0.717, 1.165) is 39.3 Å². The Morgan fingerprint density at radius 2 is 0.925 bits per heavy atom. The van der Waals surface area contributed by atoms with Crippen LogP contribution in [0.15, 0.2) is 24.3 Å². The van der Waals surface area contributed by atoms with Gasteiger partial charge in [0.05, 0.1) is 11.1 Å². The second-order valence-electron chi connectivity index (χ2n) is 11.0. The molecule has 40 heavy (non-hydrogen) atoms. The molecule has 0 aliphatic rings. The summed E-state index contributed by atoms with van der Waals surface area (Å²) in [4.78, 5) is 29.9. The van der Waals surface area contributed by atoms with E-state index in [4.69, 9.17) is 9.47 Å². The molecule has 6 heteroatoms. The summed E-state index contributed by atoms with van der Waals surface area (Å²) in [5.74, 6) is -0.790. The molecule has 0 aliphatic heterocycles. The van der Waals surface area contributed by atoms with Gasteiger partial charge in [-0.2, -0.15) is 0 Å². The monoisotopic (exact) mass is 560 g/mol. The molecular formula is C34H60N2O4. The van der Waals surface area contributed by atoms with Crippen LogP contribution in [0.4, 0.5) is 0 Å². The zero-order valence-corrected chi connectivity index (χ0v) is 26.4. The van der Waals surface area contributed by atoms with Crippen molar-refractivity contribution in [1.82, 2.24) is 9.80 Å². The van der Waals surface area contributed by atoms with Gasteiger partial charge in [-0.05, 0) is 57.2 Å². The Bertz CT molecular complexity index is 711. The Labute approximate surface area is 246 Å². The molecule has 1 rings (SSSR count). The first kappa shape index (κ1) is 36.1. The zero-order chi connectivity index (χ0) is 29.3. The highest BCUT2D eigenvalue weighted by atomic mass is 16.5. The van der Waals surface area contributed by atoms with Gasteiger partial charge in [-0.3, -0.25) is 0 Å². The average molecular weight is 561 g/mol. The number of rotatable bonds is 26. The Morgan fingerprint density at radius 3 is 1.30 bits per heavy atom. The van der Waals surface area contributed by atoms with Crippen molar-refractivity contribution in [3.05, 3.63) is 35.4 Å². The van der Waals surface area contributed by atoms with Crippen molar-refractivity contribution >= 4 is 11.9 Å². The van der Waals surface area contributed by atoms with Crippen molar-refractivity contribution < 1.29 is 19.1 Å². The van der Waals surface area contributed by atoms with E-state index in [-0.39, 0.29) is 0 Å². The Morgan fingerprint density at radius 1 is 0.550 bits per heavy atom. The van der Waals surface area contributed by atoms with Gasteiger partial charge in [0.25, 0.3) is 0 Å². The number of hydrogen-bond acceptors (Lipinski definition) is 6. The lowest BCUT2D eigenvalue weighted by Gasteiger charge is -2.20. The molecule has 1 aromatic rings. The fourth-order valence-electron chi connectivity index (χ4n) is 4.92. The highest BCUT2D eigenvalue weighted by Crippen LogP contribution is 2.11. The number of esters is 2. The van der Waals surface area contributed by atoms with Crippen LogP contribution in [0.5, 0.6) is 0 Å². The van der Waals surface area contributed by atoms with Gasteiger partial charge in [0, 0.05) is 13.1 Å². The third-order valence-corrected chi connectivity index (χ3v) is 7.67. The molecule has 6 nitrogen and oxygen atoms in total. The van der Waals surface area contributed by atoms with Gasteiger partial charge in [-0.1, -0.05) is 111 Å². The van der Waals surface area contributed by atoms with E-state index in [1.165, 1.54) is 89.9 Å². The van der Waals surface area contributed by atoms with Gasteiger partial charge in [-0.15, -0.1) is 0 Å². The fourth-order valence-corrected chi connectivity index (χ4v) is 4.92. The molecule has 0 saturated heterocycles. The Hall–Kier alpha value is -1.92. The molecule has 0 aromatic heterocycles. The number of carbonyl (C=O) groups excluding carboxylic acids is 2. The van der Waals surface area contributed by atoms with Crippen LogP contribution in [0.25, 0.3) is 0 Å². The molecule has 0 radical (unpaired) electrons. The summed E-state index contributed by atoms with van der Waals surface area (Å²) >= 11 is 0. The molecule has 0 aliphatic carbocycles. The van der Waals surface area contributed by atoms with Crippen LogP contribution in [-0.4, -0.2) is 74.2 Å². The summed E-state index contributed by atoms with van der Waals surface area (Å²) in [6.07, 6.45) is 18.1. The maximum absolute atomic E-state index is 12.6. The lowest BCUT2D eigenvalue weighted by atomic mass is 10.1. The second kappa shape index (κ2) is 24.8. The third-order valence-electron chi connectivity index (χ3n) is 7.67. The largest absolute Gasteiger partial charge is 0.461 e. The van der Waals surface area contributed by atoms with E-state index in [2.05, 4.69) is 37.5 Å². The van der Waals surface area contributed by atoms with Crippen molar-refractivity contribution in [2.24, 2.45) is 0 Å². The Kier molecular flexibility index (Phi) is 22.4. The van der Waals surface area contributed by atoms with Crippen molar-refractivity contribution in [3.63, 3.8) is 0 Å². The zero-order valence-electron chi connectivity index (χ0n) is 26.4. The molecule has 1 aromatic carbocycles. The van der Waals surface area contributed by atoms with Crippen LogP contribution >= 0.6 is 0 Å². The minimum atomic E-state index is -0.395. The first-order valence-electron chi connectivity index (χ1n) is 16.4. The van der Waals surface area contributed by atoms with E-state index >= 15 is 0 Å². The highest BCUT2D eigenvalue weighted by Gasteiger charge is 2.14. The lowest BCUT2D eigenvalue weighted by Crippen LogP contribution is -2.29. The normalized spacial score (nSPS) is 11.3. The summed E-state index contributed by atoms with van der Waals surface area (Å²) in [5, 5.41) is 0. The second-order valence-corrected chi connectivity index (χ2v) is 11.0. The summed E-state index contributed by atoms with van der Waals surface area (Å²) < 4.78 is 11.1. The lowest BCUT2D eigenvalue weighted by molar-refractivity contribution is 0.0461. The van der Waals surface area contributed by atoms with E-state index in [1.54, 1.807) is 24.3 Å². The summed E-state index contributed by atoms with van der Waals surface area (Å²) in [6.45, 7) is 14.9. The maximum atomic E-state index is 12.6. The minimum Gasteiger partial charge on any atom is -0.461 e. The van der Waals surface area contributed by atoms with Crippen LogP contribution in [0, 0.1) is 0 Å². The predicted molar refractivity (Wildman–Crippen MR) is 167 cm³/mol. The number of ether oxygens (including phenoxy) is 2. The van der Waals surface area contributed by atoms with E-state index < -0.39 is 11.9 Å². The molecule has 0 heterocycles. The average Bonchev–Trinajstić information content (AvgIpc) is 2.98. The van der Waals surface area contributed by atoms with E-state index in [0.29, 0.717) is 24.3 Å². The van der Waals surface area contributed by atoms with Crippen molar-refractivity contribution in [3.8, 4) is 0 Å². The fraction of sp³-hybridized carbons (Fsp3) is 0.765. The standard InChI is InChI=1S/C34H60N2O4/c1-5-9-11-13-15-17-19-24-35(7-3)26-28-39-33(37)31-22-21-23-32(30-31)34(38)40-29-27-36(8-4)25-20-18-16-14-12-10-6-2/h21-23,30H,5-20,24-29H2,1-4H3. The number of hydrogen-bond donors (Lipinski definition) is 0. The highest BCUT2D eigenvalue weighted by molar-refractivity contribution is 5.95. The third kappa shape index (κ3) is 17.7. The smallest absolute Gasteiger partial charge is 0.338 e. The maximum Gasteiger partial charge on any atom is 0.338 e. The molecule has 0 N–H and O–H groups in total. The first-order chi connectivity index (χ1) is 19.5.